The van der Waals surface area contributed by atoms with Gasteiger partial charge in [0.05, 0.1) is 43.4 Å². The summed E-state index contributed by atoms with van der Waals surface area (Å²) in [5.41, 5.74) is 10.7. The molecule has 132 valence electrons. The maximum atomic E-state index is 9.02. The summed E-state index contributed by atoms with van der Waals surface area (Å²) in [5.74, 6) is 1.30. The Bertz CT molecular complexity index is 943. The van der Waals surface area contributed by atoms with Gasteiger partial charge >= 0.3 is 0 Å². The first-order chi connectivity index (χ1) is 12.6. The van der Waals surface area contributed by atoms with E-state index in [4.69, 9.17) is 20.5 Å². The summed E-state index contributed by atoms with van der Waals surface area (Å²) in [6, 6.07) is 13.3. The number of nitriles is 1. The molecule has 0 saturated heterocycles. The lowest BCUT2D eigenvalue weighted by atomic mass is 10.0. The predicted molar refractivity (Wildman–Crippen MR) is 99.8 cm³/mol. The number of ether oxygens (including phenoxy) is 2. The summed E-state index contributed by atoms with van der Waals surface area (Å²) in [4.78, 5) is 4.58. The van der Waals surface area contributed by atoms with Crippen LogP contribution in [0.4, 0.5) is 0 Å². The molecule has 0 atom stereocenters. The van der Waals surface area contributed by atoms with Crippen molar-refractivity contribution in [2.45, 2.75) is 6.54 Å². The first-order valence-corrected chi connectivity index (χ1v) is 8.10. The van der Waals surface area contributed by atoms with E-state index in [0.717, 1.165) is 28.1 Å². The molecular weight excluding hydrogens is 328 g/mol. The topological polar surface area (TPSA) is 86.1 Å². The van der Waals surface area contributed by atoms with Crippen molar-refractivity contribution in [3.63, 3.8) is 0 Å². The molecular formula is C20H20N4O2. The van der Waals surface area contributed by atoms with E-state index in [-0.39, 0.29) is 0 Å². The lowest BCUT2D eigenvalue weighted by Gasteiger charge is -2.15. The van der Waals surface area contributed by atoms with Crippen LogP contribution in [0, 0.1) is 11.3 Å². The molecule has 0 saturated carbocycles. The van der Waals surface area contributed by atoms with E-state index in [1.807, 2.05) is 35.9 Å². The summed E-state index contributed by atoms with van der Waals surface area (Å²) in [6.45, 7) is 0.387. The number of rotatable bonds is 5. The van der Waals surface area contributed by atoms with Crippen LogP contribution in [-0.4, -0.2) is 23.8 Å². The molecule has 0 spiro atoms. The molecule has 2 aromatic carbocycles. The number of hydrogen-bond donors (Lipinski definition) is 1. The van der Waals surface area contributed by atoms with Gasteiger partial charge in [-0.15, -0.1) is 0 Å². The Morgan fingerprint density at radius 2 is 1.73 bits per heavy atom. The van der Waals surface area contributed by atoms with Crippen LogP contribution < -0.4 is 15.2 Å². The van der Waals surface area contributed by atoms with Crippen molar-refractivity contribution in [2.24, 2.45) is 12.8 Å². The van der Waals surface area contributed by atoms with E-state index in [0.29, 0.717) is 23.6 Å². The number of nitrogens with two attached hydrogens (primary N) is 1. The van der Waals surface area contributed by atoms with E-state index < -0.39 is 0 Å². The Labute approximate surface area is 152 Å². The lowest BCUT2D eigenvalue weighted by molar-refractivity contribution is 0.396. The minimum atomic E-state index is 0.387. The quantitative estimate of drug-likeness (QED) is 0.766. The molecule has 26 heavy (non-hydrogen) atoms. The third-order valence-electron chi connectivity index (χ3n) is 4.26. The summed E-state index contributed by atoms with van der Waals surface area (Å²) < 4.78 is 13.1. The van der Waals surface area contributed by atoms with Crippen LogP contribution >= 0.6 is 0 Å². The highest BCUT2D eigenvalue weighted by molar-refractivity contribution is 5.85. The molecule has 2 N–H and O–H groups in total. The Kier molecular flexibility index (Phi) is 4.92. The van der Waals surface area contributed by atoms with Crippen LogP contribution in [0.2, 0.25) is 0 Å². The predicted octanol–water partition coefficient (Wildman–Crippen LogP) is 3.10. The third-order valence-corrected chi connectivity index (χ3v) is 4.26. The summed E-state index contributed by atoms with van der Waals surface area (Å²) in [7, 11) is 5.16. The fourth-order valence-electron chi connectivity index (χ4n) is 2.97. The van der Waals surface area contributed by atoms with Crippen molar-refractivity contribution >= 4 is 0 Å². The summed E-state index contributed by atoms with van der Waals surface area (Å²) >= 11 is 0. The Balaban J connectivity index is 2.24. The summed E-state index contributed by atoms with van der Waals surface area (Å²) in [5, 5.41) is 9.02. The zero-order chi connectivity index (χ0) is 18.7. The van der Waals surface area contributed by atoms with Gasteiger partial charge in [-0.25, -0.2) is 4.98 Å². The van der Waals surface area contributed by atoms with Crippen molar-refractivity contribution < 1.29 is 9.47 Å². The second-order valence-corrected chi connectivity index (χ2v) is 5.82. The van der Waals surface area contributed by atoms with Crippen LogP contribution in [0.1, 0.15) is 11.1 Å². The van der Waals surface area contributed by atoms with E-state index >= 15 is 0 Å². The molecule has 1 aromatic heterocycles. The number of imidazole rings is 1. The average Bonchev–Trinajstić information content (AvgIpc) is 3.07. The Morgan fingerprint density at radius 3 is 2.23 bits per heavy atom. The van der Waals surface area contributed by atoms with Crippen LogP contribution in [0.3, 0.4) is 0 Å². The molecule has 1 heterocycles. The van der Waals surface area contributed by atoms with Crippen molar-refractivity contribution in [1.29, 1.82) is 5.26 Å². The number of methoxy groups -OCH3 is 2. The molecule has 0 unspecified atom stereocenters. The maximum absolute atomic E-state index is 9.02. The lowest BCUT2D eigenvalue weighted by Crippen LogP contribution is -2.01. The second kappa shape index (κ2) is 7.30. The zero-order valence-corrected chi connectivity index (χ0v) is 15.0. The third kappa shape index (κ3) is 3.01. The summed E-state index contributed by atoms with van der Waals surface area (Å²) in [6.07, 6.45) is 1.75. The van der Waals surface area contributed by atoms with Crippen LogP contribution in [0.15, 0.2) is 42.7 Å². The number of aryl methyl sites for hydroxylation is 1. The minimum absolute atomic E-state index is 0.387. The van der Waals surface area contributed by atoms with Gasteiger partial charge in [-0.3, -0.25) is 0 Å². The molecule has 3 aromatic rings. The second-order valence-electron chi connectivity index (χ2n) is 5.82. The molecule has 0 aliphatic rings. The van der Waals surface area contributed by atoms with Crippen LogP contribution in [0.5, 0.6) is 11.5 Å². The Morgan fingerprint density at radius 1 is 1.12 bits per heavy atom. The molecule has 0 bridgehead atoms. The molecule has 0 aliphatic carbocycles. The van der Waals surface area contributed by atoms with Gasteiger partial charge in [0.25, 0.3) is 0 Å². The smallest absolute Gasteiger partial charge is 0.132 e. The van der Waals surface area contributed by atoms with Gasteiger partial charge in [-0.1, -0.05) is 12.1 Å². The van der Waals surface area contributed by atoms with Gasteiger partial charge < -0.3 is 19.8 Å². The molecule has 0 radical (unpaired) electrons. The fraction of sp³-hybridized carbons (Fsp3) is 0.200. The SMILES string of the molecule is COc1cc(CN)cc(OC)c1-c1ncn(C)c1-c1ccc(C#N)cc1. The van der Waals surface area contributed by atoms with Gasteiger partial charge in [0.2, 0.25) is 0 Å². The van der Waals surface area contributed by atoms with Crippen molar-refractivity contribution in [1.82, 2.24) is 9.55 Å². The monoisotopic (exact) mass is 348 g/mol. The van der Waals surface area contributed by atoms with Crippen LogP contribution in [-0.2, 0) is 13.6 Å². The van der Waals surface area contributed by atoms with Crippen LogP contribution in [0.25, 0.3) is 22.5 Å². The van der Waals surface area contributed by atoms with Crippen molar-refractivity contribution in [3.05, 3.63) is 53.9 Å². The molecule has 0 fully saturated rings. The van der Waals surface area contributed by atoms with Gasteiger partial charge in [-0.2, -0.15) is 5.26 Å². The average molecular weight is 348 g/mol. The number of hydrogen-bond acceptors (Lipinski definition) is 5. The number of nitrogens with zero attached hydrogens (tertiary/aromatic N) is 3. The molecule has 6 nitrogen and oxygen atoms in total. The number of benzene rings is 2. The van der Waals surface area contributed by atoms with E-state index in [1.165, 1.54) is 0 Å². The highest BCUT2D eigenvalue weighted by Crippen LogP contribution is 2.42. The normalized spacial score (nSPS) is 10.4. The van der Waals surface area contributed by atoms with Crippen molar-refractivity contribution in [2.75, 3.05) is 14.2 Å². The molecule has 0 aliphatic heterocycles. The number of aromatic nitrogens is 2. The maximum Gasteiger partial charge on any atom is 0.132 e. The van der Waals surface area contributed by atoms with E-state index in [1.54, 1.807) is 32.7 Å². The van der Waals surface area contributed by atoms with E-state index in [9.17, 15) is 0 Å². The highest BCUT2D eigenvalue weighted by Gasteiger charge is 2.22. The van der Waals surface area contributed by atoms with E-state index in [2.05, 4.69) is 11.1 Å². The molecule has 0 amide bonds. The first-order valence-electron chi connectivity index (χ1n) is 8.10. The van der Waals surface area contributed by atoms with Gasteiger partial charge in [0, 0.05) is 19.2 Å². The Hall–Kier alpha value is -3.30. The van der Waals surface area contributed by atoms with Gasteiger partial charge in [0.15, 0.2) is 0 Å². The first kappa shape index (κ1) is 17.5. The van der Waals surface area contributed by atoms with Gasteiger partial charge in [0.1, 0.15) is 17.2 Å². The minimum Gasteiger partial charge on any atom is -0.496 e. The fourth-order valence-corrected chi connectivity index (χ4v) is 2.97. The highest BCUT2D eigenvalue weighted by atomic mass is 16.5. The standard InChI is InChI=1S/C20H20N4O2/c1-24-12-23-19(20(24)15-6-4-13(10-21)5-7-15)18-16(25-2)8-14(11-22)9-17(18)26-3/h4-9,12H,11,22H2,1-3H3. The van der Waals surface area contributed by atoms with Crippen molar-refractivity contribution in [3.8, 4) is 40.1 Å². The molecule has 6 heteroatoms. The molecule has 3 rings (SSSR count). The largest absolute Gasteiger partial charge is 0.496 e. The zero-order valence-electron chi connectivity index (χ0n) is 15.0. The van der Waals surface area contributed by atoms with Gasteiger partial charge in [-0.05, 0) is 29.8 Å².